The zero-order valence-electron chi connectivity index (χ0n) is 22.7. The molecule has 0 aliphatic rings. The summed E-state index contributed by atoms with van der Waals surface area (Å²) in [6.45, 7) is 0. The number of hydrogen-bond acceptors (Lipinski definition) is 2. The van der Waals surface area contributed by atoms with Crippen LogP contribution in [0.5, 0.6) is 5.75 Å². The summed E-state index contributed by atoms with van der Waals surface area (Å²) >= 11 is 14.2. The summed E-state index contributed by atoms with van der Waals surface area (Å²) < 4.78 is 9.99. The minimum absolute atomic E-state index is 0.191. The molecule has 0 atom stereocenters. The number of hydrogen-bond donors (Lipinski definition) is 1. The Hall–Kier alpha value is -3.23. The topological polar surface area (TPSA) is 46.5 Å². The maximum absolute atomic E-state index is 13.2. The van der Waals surface area contributed by atoms with Crippen LogP contribution in [-0.2, 0) is 0 Å². The molecule has 0 bridgehead atoms. The third-order valence-corrected chi connectivity index (χ3v) is 9.52. The van der Waals surface area contributed by atoms with Gasteiger partial charge in [0.15, 0.2) is 0 Å². The van der Waals surface area contributed by atoms with E-state index < -0.39 is 5.97 Å². The van der Waals surface area contributed by atoms with Crippen LogP contribution in [0.1, 0.15) is 10.4 Å². The van der Waals surface area contributed by atoms with E-state index in [-0.39, 0.29) is 5.56 Å². The molecule has 6 aromatic rings. The highest BCUT2D eigenvalue weighted by atomic mass is 79.9. The number of halogens is 4. The molecule has 6 rings (SSSR count). The zero-order chi connectivity index (χ0) is 30.2. The molecule has 1 N–H and O–H groups in total. The second-order valence-electron chi connectivity index (χ2n) is 9.90. The average molecular weight is 822 g/mol. The Kier molecular flexibility index (Phi) is 8.60. The molecule has 7 heteroatoms. The third-order valence-electron chi connectivity index (χ3n) is 7.40. The quantitative estimate of drug-likeness (QED) is 0.182. The Morgan fingerprint density at radius 1 is 0.535 bits per heavy atom. The Morgan fingerprint density at radius 2 is 0.930 bits per heavy atom. The first-order valence-corrected chi connectivity index (χ1v) is 16.4. The highest BCUT2D eigenvalue weighted by molar-refractivity contribution is 9.11. The van der Waals surface area contributed by atoms with E-state index in [0.717, 1.165) is 62.2 Å². The Balaban J connectivity index is 1.89. The summed E-state index contributed by atoms with van der Waals surface area (Å²) in [4.78, 5) is 13.2. The van der Waals surface area contributed by atoms with Gasteiger partial charge in [-0.1, -0.05) is 124 Å². The lowest BCUT2D eigenvalue weighted by atomic mass is 9.81. The fraction of sp³-hybridized carbons (Fsp3) is 0.0278. The number of benzene rings is 6. The molecule has 0 fully saturated rings. The van der Waals surface area contributed by atoms with E-state index >= 15 is 0 Å². The minimum Gasteiger partial charge on any atom is -0.495 e. The monoisotopic (exact) mass is 818 g/mol. The Morgan fingerprint density at radius 3 is 1.35 bits per heavy atom. The van der Waals surface area contributed by atoms with Gasteiger partial charge < -0.3 is 9.84 Å². The minimum atomic E-state index is -1.03. The van der Waals surface area contributed by atoms with Crippen molar-refractivity contribution in [3.63, 3.8) is 0 Å². The van der Waals surface area contributed by atoms with Crippen molar-refractivity contribution in [1.82, 2.24) is 0 Å². The van der Waals surface area contributed by atoms with E-state index in [1.54, 1.807) is 7.11 Å². The van der Waals surface area contributed by atoms with Gasteiger partial charge >= 0.3 is 5.97 Å². The van der Waals surface area contributed by atoms with E-state index in [1.807, 2.05) is 84.9 Å². The van der Waals surface area contributed by atoms with Crippen molar-refractivity contribution in [2.75, 3.05) is 7.11 Å². The first-order valence-electron chi connectivity index (χ1n) is 13.2. The summed E-state index contributed by atoms with van der Waals surface area (Å²) in [5.41, 5.74) is 7.08. The molecule has 0 aliphatic heterocycles. The van der Waals surface area contributed by atoms with Crippen molar-refractivity contribution in [3.8, 4) is 50.3 Å². The molecule has 3 nitrogen and oxygen atoms in total. The maximum atomic E-state index is 13.2. The van der Waals surface area contributed by atoms with E-state index in [0.29, 0.717) is 16.7 Å². The number of methoxy groups -OCH3 is 1. The fourth-order valence-corrected chi connectivity index (χ4v) is 6.61. The number of carboxylic acid groups (broad SMARTS) is 1. The number of carboxylic acids is 1. The lowest BCUT2D eigenvalue weighted by Crippen LogP contribution is -2.06. The predicted molar refractivity (Wildman–Crippen MR) is 190 cm³/mol. The van der Waals surface area contributed by atoms with Crippen LogP contribution >= 0.6 is 63.7 Å². The van der Waals surface area contributed by atoms with Gasteiger partial charge in [-0.3, -0.25) is 0 Å². The molecule has 0 unspecified atom stereocenters. The van der Waals surface area contributed by atoms with Gasteiger partial charge in [-0.15, -0.1) is 0 Å². The van der Waals surface area contributed by atoms with Crippen LogP contribution in [0.15, 0.2) is 127 Å². The van der Waals surface area contributed by atoms with Crippen molar-refractivity contribution in [1.29, 1.82) is 0 Å². The van der Waals surface area contributed by atoms with Crippen LogP contribution in [0.3, 0.4) is 0 Å². The van der Waals surface area contributed by atoms with E-state index in [9.17, 15) is 9.90 Å². The molecule has 0 aliphatic carbocycles. The molecule has 0 radical (unpaired) electrons. The Bertz CT molecular complexity index is 1980. The summed E-state index contributed by atoms with van der Waals surface area (Å²) in [5.74, 6) is -0.525. The van der Waals surface area contributed by atoms with Crippen LogP contribution in [-0.4, -0.2) is 18.2 Å². The zero-order valence-corrected chi connectivity index (χ0v) is 29.0. The molecule has 0 aromatic heterocycles. The highest BCUT2D eigenvalue weighted by Crippen LogP contribution is 2.52. The third kappa shape index (κ3) is 5.72. The van der Waals surface area contributed by atoms with Gasteiger partial charge in [-0.2, -0.15) is 0 Å². The summed E-state index contributed by atoms with van der Waals surface area (Å²) in [5, 5.41) is 12.3. The van der Waals surface area contributed by atoms with Crippen molar-refractivity contribution < 1.29 is 14.6 Å². The molecular weight excluding hydrogens is 800 g/mol. The van der Waals surface area contributed by atoms with Gasteiger partial charge in [-0.05, 0) is 87.3 Å². The summed E-state index contributed by atoms with van der Waals surface area (Å²) in [7, 11) is 1.61. The SMILES string of the molecule is COc1c(-c2ccc(Br)cc2)c(C(=O)O)c2ccc(-c3ccc(Br)cc3)c(-c3ccc(Br)cc3)c2c1-c1ccc(Br)cc1. The van der Waals surface area contributed by atoms with Crippen LogP contribution in [0.25, 0.3) is 55.3 Å². The van der Waals surface area contributed by atoms with Crippen LogP contribution < -0.4 is 4.74 Å². The second kappa shape index (κ2) is 12.4. The number of aromatic carboxylic acids is 1. The van der Waals surface area contributed by atoms with Gasteiger partial charge in [0.1, 0.15) is 5.75 Å². The summed E-state index contributed by atoms with van der Waals surface area (Å²) in [6.07, 6.45) is 0. The molecule has 43 heavy (non-hydrogen) atoms. The normalized spacial score (nSPS) is 11.1. The van der Waals surface area contributed by atoms with E-state index in [1.165, 1.54) is 0 Å². The van der Waals surface area contributed by atoms with Gasteiger partial charge in [0, 0.05) is 34.4 Å². The van der Waals surface area contributed by atoms with Gasteiger partial charge in [-0.25, -0.2) is 4.79 Å². The van der Waals surface area contributed by atoms with Crippen molar-refractivity contribution in [2.24, 2.45) is 0 Å². The van der Waals surface area contributed by atoms with Crippen molar-refractivity contribution >= 4 is 80.5 Å². The van der Waals surface area contributed by atoms with Crippen LogP contribution in [0.4, 0.5) is 0 Å². The maximum Gasteiger partial charge on any atom is 0.337 e. The molecule has 0 amide bonds. The lowest BCUT2D eigenvalue weighted by molar-refractivity contribution is 0.0699. The smallest absolute Gasteiger partial charge is 0.337 e. The molecule has 212 valence electrons. The molecule has 6 aromatic carbocycles. The number of fused-ring (bicyclic) bond motifs is 1. The van der Waals surface area contributed by atoms with Gasteiger partial charge in [0.25, 0.3) is 0 Å². The van der Waals surface area contributed by atoms with Gasteiger partial charge in [0.2, 0.25) is 0 Å². The predicted octanol–water partition coefficient (Wildman–Crippen LogP) is 12.3. The molecular formula is C36H22Br4O3. The van der Waals surface area contributed by atoms with Crippen molar-refractivity contribution in [3.05, 3.63) is 133 Å². The van der Waals surface area contributed by atoms with E-state index in [4.69, 9.17) is 4.74 Å². The van der Waals surface area contributed by atoms with Gasteiger partial charge in [0.05, 0.1) is 12.7 Å². The van der Waals surface area contributed by atoms with Crippen molar-refractivity contribution in [2.45, 2.75) is 0 Å². The molecule has 0 saturated carbocycles. The average Bonchev–Trinajstić information content (AvgIpc) is 3.01. The first-order chi connectivity index (χ1) is 20.8. The van der Waals surface area contributed by atoms with E-state index in [2.05, 4.69) is 88.0 Å². The highest BCUT2D eigenvalue weighted by Gasteiger charge is 2.29. The first kappa shape index (κ1) is 29.8. The molecule has 0 saturated heterocycles. The fourth-order valence-electron chi connectivity index (χ4n) is 5.55. The summed E-state index contributed by atoms with van der Waals surface area (Å²) in [6, 6.07) is 35.9. The molecule has 0 heterocycles. The standard InChI is InChI=1S/C36H22Br4O3/c1-43-35-31(22-6-14-26(39)15-7-22)33-29(34(36(41)42)32(35)23-8-16-27(40)17-9-23)19-18-28(20-2-10-24(37)11-3-20)30(33)21-4-12-25(38)13-5-21/h2-19H,1H3,(H,41,42). The Labute approximate surface area is 283 Å². The second-order valence-corrected chi connectivity index (χ2v) is 13.6. The number of carbonyl (C=O) groups is 1. The number of rotatable bonds is 6. The van der Waals surface area contributed by atoms with Crippen LogP contribution in [0, 0.1) is 0 Å². The largest absolute Gasteiger partial charge is 0.495 e. The lowest BCUT2D eigenvalue weighted by Gasteiger charge is -2.24. The number of ether oxygens (including phenoxy) is 1. The molecule has 0 spiro atoms. The van der Waals surface area contributed by atoms with Crippen LogP contribution in [0.2, 0.25) is 0 Å².